The van der Waals surface area contributed by atoms with E-state index in [1.807, 2.05) is 0 Å². The second-order valence-electron chi connectivity index (χ2n) is 5.01. The van der Waals surface area contributed by atoms with Gasteiger partial charge in [0.1, 0.15) is 18.6 Å². The number of amides is 2. The molecule has 2 aromatic rings. The van der Waals surface area contributed by atoms with E-state index in [-0.39, 0.29) is 5.84 Å². The highest BCUT2D eigenvalue weighted by Gasteiger charge is 2.21. The van der Waals surface area contributed by atoms with Crippen molar-refractivity contribution in [2.75, 3.05) is 6.67 Å². The lowest BCUT2D eigenvalue weighted by atomic mass is 10.0. The van der Waals surface area contributed by atoms with Crippen LogP contribution in [0.25, 0.3) is 0 Å². The third-order valence-corrected chi connectivity index (χ3v) is 3.21. The Hall–Kier alpha value is -3.22. The minimum atomic E-state index is -1.04. The number of primary amides is 1. The average Bonchev–Trinajstić information content (AvgIpc) is 2.60. The third kappa shape index (κ3) is 4.39. The number of nitrogens with two attached hydrogens (primary N) is 2. The van der Waals surface area contributed by atoms with Crippen molar-refractivity contribution in [3.05, 3.63) is 65.7 Å². The minimum Gasteiger partial charge on any atom is -0.385 e. The van der Waals surface area contributed by atoms with Gasteiger partial charge in [-0.05, 0) is 29.8 Å². The zero-order chi connectivity index (χ0) is 17.5. The van der Waals surface area contributed by atoms with Gasteiger partial charge in [0.2, 0.25) is 5.91 Å². The molecule has 7 heteroatoms. The zero-order valence-electron chi connectivity index (χ0n) is 12.8. The Balaban J connectivity index is 2.27. The van der Waals surface area contributed by atoms with Crippen molar-refractivity contribution in [3.63, 3.8) is 0 Å². The summed E-state index contributed by atoms with van der Waals surface area (Å²) in [6, 6.07) is 13.7. The summed E-state index contributed by atoms with van der Waals surface area (Å²) in [6.07, 6.45) is 0. The molecule has 124 valence electrons. The molecule has 2 rings (SSSR count). The van der Waals surface area contributed by atoms with Crippen molar-refractivity contribution in [1.29, 1.82) is 0 Å². The number of hydrogen-bond acceptors (Lipinski definition) is 3. The van der Waals surface area contributed by atoms with Gasteiger partial charge in [0, 0.05) is 5.56 Å². The molecule has 0 aliphatic rings. The van der Waals surface area contributed by atoms with Crippen LogP contribution in [-0.2, 0) is 4.79 Å². The summed E-state index contributed by atoms with van der Waals surface area (Å²) < 4.78 is 12.4. The van der Waals surface area contributed by atoms with E-state index in [0.717, 1.165) is 0 Å². The number of amidine groups is 1. The molecule has 0 bridgehead atoms. The molecule has 0 radical (unpaired) electrons. The maximum Gasteiger partial charge on any atom is 0.252 e. The van der Waals surface area contributed by atoms with E-state index in [9.17, 15) is 14.0 Å². The van der Waals surface area contributed by atoms with Gasteiger partial charge in [-0.3, -0.25) is 9.59 Å². The number of nitrogens with zero attached hydrogens (tertiary/aromatic N) is 1. The summed E-state index contributed by atoms with van der Waals surface area (Å²) in [5, 5.41) is 2.58. The van der Waals surface area contributed by atoms with Crippen molar-refractivity contribution in [2.24, 2.45) is 16.5 Å². The molecule has 0 heterocycles. The monoisotopic (exact) mass is 328 g/mol. The molecule has 24 heavy (non-hydrogen) atoms. The fourth-order valence-corrected chi connectivity index (χ4v) is 2.09. The first-order valence-corrected chi connectivity index (χ1v) is 7.15. The van der Waals surface area contributed by atoms with E-state index in [0.29, 0.717) is 16.8 Å². The molecule has 0 saturated carbocycles. The number of aliphatic imine (C=N–C) groups is 1. The number of carbonyl (C=O) groups excluding carboxylic acids is 2. The Labute approximate surface area is 138 Å². The summed E-state index contributed by atoms with van der Waals surface area (Å²) in [5.74, 6) is -1.34. The maximum atomic E-state index is 12.4. The lowest BCUT2D eigenvalue weighted by molar-refractivity contribution is -0.120. The van der Waals surface area contributed by atoms with Crippen molar-refractivity contribution in [3.8, 4) is 0 Å². The quantitative estimate of drug-likeness (QED) is 0.553. The summed E-state index contributed by atoms with van der Waals surface area (Å²) in [6.45, 7) is -0.881. The largest absolute Gasteiger partial charge is 0.385 e. The lowest BCUT2D eigenvalue weighted by Gasteiger charge is -2.16. The lowest BCUT2D eigenvalue weighted by Crippen LogP contribution is -2.37. The van der Waals surface area contributed by atoms with Crippen molar-refractivity contribution in [2.45, 2.75) is 6.04 Å². The smallest absolute Gasteiger partial charge is 0.252 e. The van der Waals surface area contributed by atoms with E-state index in [1.54, 1.807) is 48.5 Å². The van der Waals surface area contributed by atoms with Gasteiger partial charge in [-0.25, -0.2) is 9.38 Å². The second-order valence-corrected chi connectivity index (χ2v) is 5.01. The van der Waals surface area contributed by atoms with E-state index in [1.165, 1.54) is 6.07 Å². The normalized spacial score (nSPS) is 12.5. The molecule has 6 nitrogen and oxygen atoms in total. The molecule has 2 aromatic carbocycles. The third-order valence-electron chi connectivity index (χ3n) is 3.21. The molecule has 0 spiro atoms. The molecular weight excluding hydrogens is 311 g/mol. The topological polar surface area (TPSA) is 111 Å². The molecule has 0 aliphatic heterocycles. The van der Waals surface area contributed by atoms with Crippen LogP contribution >= 0.6 is 0 Å². The molecular formula is C17H17FN4O2. The van der Waals surface area contributed by atoms with Gasteiger partial charge in [0.15, 0.2) is 0 Å². The van der Waals surface area contributed by atoms with E-state index < -0.39 is 24.5 Å². The van der Waals surface area contributed by atoms with Crippen LogP contribution in [0.15, 0.2) is 59.6 Å². The Morgan fingerprint density at radius 1 is 1.08 bits per heavy atom. The van der Waals surface area contributed by atoms with E-state index in [4.69, 9.17) is 11.5 Å². The highest BCUT2D eigenvalue weighted by Crippen LogP contribution is 2.20. The van der Waals surface area contributed by atoms with Gasteiger partial charge < -0.3 is 16.8 Å². The molecule has 2 amide bonds. The van der Waals surface area contributed by atoms with Crippen LogP contribution < -0.4 is 16.8 Å². The minimum absolute atomic E-state index is 0.184. The highest BCUT2D eigenvalue weighted by molar-refractivity contribution is 5.97. The van der Waals surface area contributed by atoms with Crippen molar-refractivity contribution < 1.29 is 14.0 Å². The molecule has 1 atom stereocenters. The van der Waals surface area contributed by atoms with E-state index >= 15 is 0 Å². The molecule has 5 N–H and O–H groups in total. The van der Waals surface area contributed by atoms with Gasteiger partial charge in [-0.15, -0.1) is 0 Å². The maximum absolute atomic E-state index is 12.4. The number of hydrogen-bond donors (Lipinski definition) is 3. The number of halogens is 1. The Morgan fingerprint density at radius 2 is 1.79 bits per heavy atom. The van der Waals surface area contributed by atoms with Crippen LogP contribution in [0, 0.1) is 0 Å². The van der Waals surface area contributed by atoms with Gasteiger partial charge in [0.25, 0.3) is 5.91 Å². The SMILES string of the molecule is NC(=O)[C@@H](NC(=O)c1ccccc1)c1cccc(N=C(N)CF)c1. The number of benzene rings is 2. The van der Waals surface area contributed by atoms with Crippen LogP contribution in [0.1, 0.15) is 22.0 Å². The molecule has 0 fully saturated rings. The molecule has 0 aromatic heterocycles. The predicted octanol–water partition coefficient (Wildman–Crippen LogP) is 1.60. The van der Waals surface area contributed by atoms with Gasteiger partial charge in [-0.2, -0.15) is 0 Å². The first kappa shape index (κ1) is 17.1. The first-order chi connectivity index (χ1) is 11.5. The van der Waals surface area contributed by atoms with Crippen molar-refractivity contribution in [1.82, 2.24) is 5.32 Å². The number of carbonyl (C=O) groups is 2. The summed E-state index contributed by atoms with van der Waals surface area (Å²) in [5.41, 5.74) is 12.0. The molecule has 0 unspecified atom stereocenters. The van der Waals surface area contributed by atoms with Crippen LogP contribution in [0.5, 0.6) is 0 Å². The fourth-order valence-electron chi connectivity index (χ4n) is 2.09. The van der Waals surface area contributed by atoms with Crippen LogP contribution in [0.3, 0.4) is 0 Å². The Kier molecular flexibility index (Phi) is 5.62. The average molecular weight is 328 g/mol. The zero-order valence-corrected chi connectivity index (χ0v) is 12.8. The summed E-state index contributed by atoms with van der Waals surface area (Å²) in [4.78, 5) is 27.8. The summed E-state index contributed by atoms with van der Waals surface area (Å²) in [7, 11) is 0. The Bertz CT molecular complexity index is 762. The fraction of sp³-hybridized carbons (Fsp3) is 0.118. The van der Waals surface area contributed by atoms with Gasteiger partial charge >= 0.3 is 0 Å². The van der Waals surface area contributed by atoms with Crippen molar-refractivity contribution >= 4 is 23.3 Å². The number of nitrogens with one attached hydrogen (secondary N) is 1. The van der Waals surface area contributed by atoms with E-state index in [2.05, 4.69) is 10.3 Å². The first-order valence-electron chi connectivity index (χ1n) is 7.15. The number of rotatable bonds is 6. The Morgan fingerprint density at radius 3 is 2.42 bits per heavy atom. The molecule has 0 saturated heterocycles. The van der Waals surface area contributed by atoms with Crippen LogP contribution in [-0.4, -0.2) is 24.3 Å². The van der Waals surface area contributed by atoms with Crippen LogP contribution in [0.2, 0.25) is 0 Å². The standard InChI is InChI=1S/C17H17FN4O2/c18-10-14(19)21-13-8-4-7-12(9-13)15(16(20)23)22-17(24)11-5-2-1-3-6-11/h1-9,15H,10H2,(H2,19,21)(H2,20,23)(H,22,24)/t15-/m0/s1. The molecule has 0 aliphatic carbocycles. The van der Waals surface area contributed by atoms with Crippen LogP contribution in [0.4, 0.5) is 10.1 Å². The summed E-state index contributed by atoms with van der Waals surface area (Å²) >= 11 is 0. The second kappa shape index (κ2) is 7.87. The highest BCUT2D eigenvalue weighted by atomic mass is 19.1. The van der Waals surface area contributed by atoms with Gasteiger partial charge in [-0.1, -0.05) is 30.3 Å². The predicted molar refractivity (Wildman–Crippen MR) is 89.5 cm³/mol. The van der Waals surface area contributed by atoms with Gasteiger partial charge in [0.05, 0.1) is 5.69 Å². The number of alkyl halides is 1.